The minimum absolute atomic E-state index is 0.00350. The summed E-state index contributed by atoms with van der Waals surface area (Å²) in [5.74, 6) is 2.45. The standard InChI is InChI=1S/C32H40N4O4/c1-38-30-11-8-25(22-31(30)39-2)12-16-35-19-17-34(18-20-35)14-5-21-40-28-9-10-29-26(23-28)7-4-15-36(29)32(37)27-6-3-13-33-24-27/h3,6,8-11,13,22-24H,4-5,7,12,14-21H2,1-2H3. The number of hydrogen-bond donors (Lipinski definition) is 0. The van der Waals surface area contributed by atoms with Gasteiger partial charge in [0.05, 0.1) is 26.4 Å². The van der Waals surface area contributed by atoms with Crippen molar-refractivity contribution in [1.82, 2.24) is 14.8 Å². The van der Waals surface area contributed by atoms with Crippen LogP contribution in [0.1, 0.15) is 34.3 Å². The quantitative estimate of drug-likeness (QED) is 0.333. The fourth-order valence-electron chi connectivity index (χ4n) is 5.56. The number of aromatic nitrogens is 1. The summed E-state index contributed by atoms with van der Waals surface area (Å²) < 4.78 is 16.9. The number of methoxy groups -OCH3 is 2. The average Bonchev–Trinajstić information content (AvgIpc) is 3.02. The molecule has 1 fully saturated rings. The van der Waals surface area contributed by atoms with Gasteiger partial charge in [-0.25, -0.2) is 0 Å². The van der Waals surface area contributed by atoms with Gasteiger partial charge in [0, 0.05) is 63.9 Å². The van der Waals surface area contributed by atoms with Crippen LogP contribution in [0.5, 0.6) is 17.2 Å². The molecule has 0 saturated carbocycles. The molecule has 0 spiro atoms. The molecule has 0 atom stereocenters. The van der Waals surface area contributed by atoms with Crippen LogP contribution in [0.3, 0.4) is 0 Å². The van der Waals surface area contributed by atoms with Crippen LogP contribution in [0.2, 0.25) is 0 Å². The summed E-state index contributed by atoms with van der Waals surface area (Å²) in [6, 6.07) is 15.9. The molecule has 1 aromatic heterocycles. The SMILES string of the molecule is COc1ccc(CCN2CCN(CCCOc3ccc4c(c3)CCCN4C(=O)c3cccnc3)CC2)cc1OC. The van der Waals surface area contributed by atoms with Crippen molar-refractivity contribution in [1.29, 1.82) is 0 Å². The predicted octanol–water partition coefficient (Wildman–Crippen LogP) is 4.32. The molecule has 40 heavy (non-hydrogen) atoms. The molecule has 2 aromatic carbocycles. The summed E-state index contributed by atoms with van der Waals surface area (Å²) >= 11 is 0. The number of ether oxygens (including phenoxy) is 3. The summed E-state index contributed by atoms with van der Waals surface area (Å²) in [5, 5.41) is 0. The predicted molar refractivity (Wildman–Crippen MR) is 157 cm³/mol. The molecule has 2 aliphatic rings. The van der Waals surface area contributed by atoms with Gasteiger partial charge in [0.1, 0.15) is 5.75 Å². The highest BCUT2D eigenvalue weighted by Gasteiger charge is 2.24. The van der Waals surface area contributed by atoms with Crippen LogP contribution in [0.25, 0.3) is 0 Å². The van der Waals surface area contributed by atoms with Crippen LogP contribution in [-0.4, -0.2) is 87.3 Å². The second kappa shape index (κ2) is 13.6. The molecule has 0 N–H and O–H groups in total. The second-order valence-corrected chi connectivity index (χ2v) is 10.4. The molecule has 0 unspecified atom stereocenters. The minimum atomic E-state index is 0.00350. The number of aryl methyl sites for hydroxylation is 1. The molecular weight excluding hydrogens is 504 g/mol. The van der Waals surface area contributed by atoms with Gasteiger partial charge in [0.15, 0.2) is 11.5 Å². The summed E-state index contributed by atoms with van der Waals surface area (Å²) in [6.07, 6.45) is 7.23. The van der Waals surface area contributed by atoms with Crippen LogP contribution in [-0.2, 0) is 12.8 Å². The number of pyridine rings is 1. The number of rotatable bonds is 11. The number of nitrogens with zero attached hydrogens (tertiary/aromatic N) is 4. The molecule has 8 heteroatoms. The molecule has 8 nitrogen and oxygen atoms in total. The first-order chi connectivity index (χ1) is 19.6. The second-order valence-electron chi connectivity index (χ2n) is 10.4. The highest BCUT2D eigenvalue weighted by Crippen LogP contribution is 2.32. The van der Waals surface area contributed by atoms with Gasteiger partial charge in [-0.05, 0) is 79.3 Å². The molecular formula is C32H40N4O4. The largest absolute Gasteiger partial charge is 0.494 e. The Hall–Kier alpha value is -3.62. The lowest BCUT2D eigenvalue weighted by atomic mass is 10.0. The summed E-state index contributed by atoms with van der Waals surface area (Å²) in [6.45, 7) is 7.87. The number of anilines is 1. The maximum absolute atomic E-state index is 13.0. The zero-order chi connectivity index (χ0) is 27.7. The van der Waals surface area contributed by atoms with Crippen molar-refractivity contribution in [2.24, 2.45) is 0 Å². The number of carbonyl (C=O) groups is 1. The maximum Gasteiger partial charge on any atom is 0.259 e. The first-order valence-electron chi connectivity index (χ1n) is 14.3. The van der Waals surface area contributed by atoms with Gasteiger partial charge in [-0.2, -0.15) is 0 Å². The number of fused-ring (bicyclic) bond motifs is 1. The number of piperazine rings is 1. The topological polar surface area (TPSA) is 67.4 Å². The molecule has 0 radical (unpaired) electrons. The van der Waals surface area contributed by atoms with E-state index >= 15 is 0 Å². The van der Waals surface area contributed by atoms with Gasteiger partial charge in [-0.3, -0.25) is 9.78 Å². The van der Waals surface area contributed by atoms with E-state index in [4.69, 9.17) is 14.2 Å². The Bertz CT molecular complexity index is 1260. The van der Waals surface area contributed by atoms with E-state index < -0.39 is 0 Å². The lowest BCUT2D eigenvalue weighted by Crippen LogP contribution is -2.47. The normalized spacial score (nSPS) is 15.9. The monoisotopic (exact) mass is 544 g/mol. The Morgan fingerprint density at radius 1 is 0.900 bits per heavy atom. The van der Waals surface area contributed by atoms with E-state index in [0.717, 1.165) is 94.4 Å². The molecule has 3 heterocycles. The van der Waals surface area contributed by atoms with Crippen molar-refractivity contribution in [3.63, 3.8) is 0 Å². The Kier molecular flexibility index (Phi) is 9.52. The van der Waals surface area contributed by atoms with Crippen LogP contribution in [0.15, 0.2) is 60.9 Å². The van der Waals surface area contributed by atoms with E-state index in [1.165, 1.54) is 11.1 Å². The van der Waals surface area contributed by atoms with Gasteiger partial charge in [-0.15, -0.1) is 0 Å². The van der Waals surface area contributed by atoms with E-state index in [1.54, 1.807) is 32.7 Å². The lowest BCUT2D eigenvalue weighted by Gasteiger charge is -2.34. The lowest BCUT2D eigenvalue weighted by molar-refractivity contribution is 0.0984. The molecule has 0 aliphatic carbocycles. The van der Waals surface area contributed by atoms with E-state index in [1.807, 2.05) is 29.2 Å². The Labute approximate surface area is 237 Å². The first-order valence-corrected chi connectivity index (χ1v) is 14.3. The molecule has 1 amide bonds. The highest BCUT2D eigenvalue weighted by molar-refractivity contribution is 6.06. The molecule has 1 saturated heterocycles. The molecule has 5 rings (SSSR count). The van der Waals surface area contributed by atoms with E-state index in [9.17, 15) is 4.79 Å². The third-order valence-corrected chi connectivity index (χ3v) is 7.84. The smallest absolute Gasteiger partial charge is 0.259 e. The van der Waals surface area contributed by atoms with Crippen molar-refractivity contribution >= 4 is 11.6 Å². The fraction of sp³-hybridized carbons (Fsp3) is 0.438. The summed E-state index contributed by atoms with van der Waals surface area (Å²) in [4.78, 5) is 24.1. The first kappa shape index (κ1) is 27.9. The van der Waals surface area contributed by atoms with E-state index in [-0.39, 0.29) is 5.91 Å². The third-order valence-electron chi connectivity index (χ3n) is 7.84. The number of amides is 1. The number of benzene rings is 2. The van der Waals surface area contributed by atoms with Crippen molar-refractivity contribution in [2.45, 2.75) is 25.7 Å². The van der Waals surface area contributed by atoms with Crippen molar-refractivity contribution in [2.75, 3.05) is 71.5 Å². The number of carbonyl (C=O) groups excluding carboxylic acids is 1. The fourth-order valence-corrected chi connectivity index (χ4v) is 5.56. The van der Waals surface area contributed by atoms with Gasteiger partial charge >= 0.3 is 0 Å². The molecule has 212 valence electrons. The van der Waals surface area contributed by atoms with Crippen LogP contribution < -0.4 is 19.1 Å². The highest BCUT2D eigenvalue weighted by atomic mass is 16.5. The van der Waals surface area contributed by atoms with E-state index in [0.29, 0.717) is 12.2 Å². The summed E-state index contributed by atoms with van der Waals surface area (Å²) in [7, 11) is 3.35. The van der Waals surface area contributed by atoms with Crippen molar-refractivity contribution in [3.8, 4) is 17.2 Å². The number of hydrogen-bond acceptors (Lipinski definition) is 7. The van der Waals surface area contributed by atoms with Gasteiger partial charge in [-0.1, -0.05) is 6.07 Å². The Morgan fingerprint density at radius 2 is 1.70 bits per heavy atom. The zero-order valence-corrected chi connectivity index (χ0v) is 23.7. The van der Waals surface area contributed by atoms with Crippen LogP contribution >= 0.6 is 0 Å². The third kappa shape index (κ3) is 6.92. The molecule has 0 bridgehead atoms. The van der Waals surface area contributed by atoms with E-state index in [2.05, 4.69) is 33.0 Å². The Balaban J connectivity index is 1.02. The van der Waals surface area contributed by atoms with Gasteiger partial charge < -0.3 is 28.9 Å². The van der Waals surface area contributed by atoms with Crippen LogP contribution in [0.4, 0.5) is 5.69 Å². The molecule has 3 aromatic rings. The summed E-state index contributed by atoms with van der Waals surface area (Å²) in [5.41, 5.74) is 4.04. The van der Waals surface area contributed by atoms with Gasteiger partial charge in [0.2, 0.25) is 0 Å². The van der Waals surface area contributed by atoms with Crippen molar-refractivity contribution < 1.29 is 19.0 Å². The maximum atomic E-state index is 13.0. The molecule has 2 aliphatic heterocycles. The average molecular weight is 545 g/mol. The minimum Gasteiger partial charge on any atom is -0.494 e. The Morgan fingerprint density at radius 3 is 2.45 bits per heavy atom. The van der Waals surface area contributed by atoms with Crippen LogP contribution in [0, 0.1) is 0 Å². The van der Waals surface area contributed by atoms with Crippen molar-refractivity contribution in [3.05, 3.63) is 77.6 Å². The van der Waals surface area contributed by atoms with Gasteiger partial charge in [0.25, 0.3) is 5.91 Å². The zero-order valence-electron chi connectivity index (χ0n) is 23.7.